The molecule has 1 aliphatic carbocycles. The zero-order valence-corrected chi connectivity index (χ0v) is 10.5. The molecule has 2 atom stereocenters. The number of amides is 1. The van der Waals surface area contributed by atoms with Crippen LogP contribution in [0.5, 0.6) is 0 Å². The predicted octanol–water partition coefficient (Wildman–Crippen LogP) is 0.239. The Morgan fingerprint density at radius 2 is 2.20 bits per heavy atom. The minimum atomic E-state index is -4.75. The lowest BCUT2D eigenvalue weighted by Crippen LogP contribution is -2.40. The second-order valence-corrected chi connectivity index (χ2v) is 4.68. The van der Waals surface area contributed by atoms with Crippen molar-refractivity contribution in [3.8, 4) is 0 Å². The van der Waals surface area contributed by atoms with Gasteiger partial charge in [0.2, 0.25) is 5.91 Å². The molecule has 110 valence electrons. The molecule has 1 aromatic rings. The zero-order valence-electron chi connectivity index (χ0n) is 10.5. The zero-order chi connectivity index (χ0) is 15.1. The smallest absolute Gasteiger partial charge is 0.346 e. The van der Waals surface area contributed by atoms with Gasteiger partial charge in [-0.1, -0.05) is 0 Å². The molecule has 0 saturated carbocycles. The van der Waals surface area contributed by atoms with Crippen LogP contribution in [0.2, 0.25) is 0 Å². The van der Waals surface area contributed by atoms with Crippen molar-refractivity contribution >= 4 is 5.91 Å². The fraction of sp³-hybridized carbons (Fsp3) is 0.545. The maximum Gasteiger partial charge on any atom is 0.422 e. The number of aromatic amines is 1. The third-order valence-corrected chi connectivity index (χ3v) is 3.14. The van der Waals surface area contributed by atoms with Gasteiger partial charge in [-0.05, 0) is 25.3 Å². The molecule has 1 amide bonds. The van der Waals surface area contributed by atoms with E-state index in [1.165, 1.54) is 6.92 Å². The molecule has 0 radical (unpaired) electrons. The maximum atomic E-state index is 12.9. The van der Waals surface area contributed by atoms with E-state index in [-0.39, 0.29) is 24.1 Å². The minimum Gasteiger partial charge on any atom is -0.346 e. The van der Waals surface area contributed by atoms with Gasteiger partial charge in [0.1, 0.15) is 5.56 Å². The fourth-order valence-electron chi connectivity index (χ4n) is 2.21. The number of fused-ring (bicyclic) bond motifs is 1. The van der Waals surface area contributed by atoms with Crippen molar-refractivity contribution in [2.24, 2.45) is 5.73 Å². The molecule has 0 bridgehead atoms. The average molecular weight is 290 g/mol. The van der Waals surface area contributed by atoms with E-state index in [0.29, 0.717) is 0 Å². The number of halogens is 3. The molecule has 1 heterocycles. The maximum absolute atomic E-state index is 12.9. The number of nitrogens with zero attached hydrogens (tertiary/aromatic N) is 1. The van der Waals surface area contributed by atoms with Crippen molar-refractivity contribution in [2.45, 2.75) is 38.0 Å². The molecular weight excluding hydrogens is 277 g/mol. The lowest BCUT2D eigenvalue weighted by atomic mass is 10.1. The van der Waals surface area contributed by atoms with Gasteiger partial charge in [0.05, 0.1) is 17.8 Å². The van der Waals surface area contributed by atoms with Crippen LogP contribution in [0, 0.1) is 0 Å². The van der Waals surface area contributed by atoms with Crippen LogP contribution in [-0.4, -0.2) is 22.1 Å². The molecule has 4 N–H and O–H groups in total. The first-order valence-corrected chi connectivity index (χ1v) is 5.96. The van der Waals surface area contributed by atoms with Gasteiger partial charge in [0.15, 0.2) is 0 Å². The van der Waals surface area contributed by atoms with Crippen molar-refractivity contribution < 1.29 is 18.0 Å². The Hall–Kier alpha value is -1.90. The van der Waals surface area contributed by atoms with Crippen molar-refractivity contribution in [3.05, 3.63) is 27.2 Å². The number of carbonyl (C=O) groups is 1. The highest BCUT2D eigenvalue weighted by Gasteiger charge is 2.41. The average Bonchev–Trinajstić information content (AvgIpc) is 2.70. The van der Waals surface area contributed by atoms with Gasteiger partial charge < -0.3 is 11.1 Å². The lowest BCUT2D eigenvalue weighted by molar-refractivity contribution is -0.139. The minimum absolute atomic E-state index is 0.0327. The highest BCUT2D eigenvalue weighted by atomic mass is 19.4. The highest BCUT2D eigenvalue weighted by molar-refractivity contribution is 5.81. The Balaban J connectivity index is 2.40. The summed E-state index contributed by atoms with van der Waals surface area (Å²) in [6, 6.07) is -1.44. The highest BCUT2D eigenvalue weighted by Crippen LogP contribution is 2.37. The fourth-order valence-corrected chi connectivity index (χ4v) is 2.21. The molecule has 0 saturated heterocycles. The molecule has 6 nitrogen and oxygen atoms in total. The van der Waals surface area contributed by atoms with Crippen LogP contribution >= 0.6 is 0 Å². The van der Waals surface area contributed by atoms with Crippen LogP contribution in [0.3, 0.4) is 0 Å². The molecule has 0 fully saturated rings. The summed E-state index contributed by atoms with van der Waals surface area (Å²) in [6.45, 7) is 1.46. The van der Waals surface area contributed by atoms with Crippen LogP contribution in [0.4, 0.5) is 13.2 Å². The number of carbonyl (C=O) groups excluding carboxylic acids is 1. The number of rotatable bonds is 2. The van der Waals surface area contributed by atoms with Gasteiger partial charge in [-0.3, -0.25) is 9.59 Å². The summed E-state index contributed by atoms with van der Waals surface area (Å²) >= 11 is 0. The Morgan fingerprint density at radius 3 is 2.75 bits per heavy atom. The molecule has 1 unspecified atom stereocenters. The van der Waals surface area contributed by atoms with Crippen molar-refractivity contribution in [2.75, 3.05) is 0 Å². The quantitative estimate of drug-likeness (QED) is 0.726. The molecule has 1 aromatic heterocycles. The van der Waals surface area contributed by atoms with E-state index in [1.807, 2.05) is 5.10 Å². The number of hydrogen-bond acceptors (Lipinski definition) is 4. The second kappa shape index (κ2) is 4.89. The molecular formula is C11H13F3N4O2. The normalized spacial score (nSPS) is 19.6. The van der Waals surface area contributed by atoms with Gasteiger partial charge >= 0.3 is 6.18 Å². The molecule has 0 spiro atoms. The van der Waals surface area contributed by atoms with Crippen LogP contribution in [-0.2, 0) is 17.4 Å². The summed E-state index contributed by atoms with van der Waals surface area (Å²) in [5.74, 6) is -0.482. The van der Waals surface area contributed by atoms with Gasteiger partial charge in [0, 0.05) is 0 Å². The summed E-state index contributed by atoms with van der Waals surface area (Å²) < 4.78 is 38.6. The molecule has 20 heavy (non-hydrogen) atoms. The van der Waals surface area contributed by atoms with Gasteiger partial charge in [-0.25, -0.2) is 5.10 Å². The summed E-state index contributed by atoms with van der Waals surface area (Å²) in [5.41, 5.74) is 2.77. The van der Waals surface area contributed by atoms with E-state index in [0.717, 1.165) is 0 Å². The monoisotopic (exact) mass is 290 g/mol. The molecule has 9 heteroatoms. The first kappa shape index (κ1) is 14.5. The second-order valence-electron chi connectivity index (χ2n) is 4.68. The molecule has 0 aliphatic heterocycles. The molecule has 0 aromatic carbocycles. The van der Waals surface area contributed by atoms with Crippen molar-refractivity contribution in [3.63, 3.8) is 0 Å². The van der Waals surface area contributed by atoms with Crippen molar-refractivity contribution in [1.82, 2.24) is 15.5 Å². The summed E-state index contributed by atoms with van der Waals surface area (Å²) in [6.07, 6.45) is -4.47. The van der Waals surface area contributed by atoms with E-state index >= 15 is 0 Å². The topological polar surface area (TPSA) is 101 Å². The Kier molecular flexibility index (Phi) is 3.55. The van der Waals surface area contributed by atoms with E-state index < -0.39 is 35.3 Å². The van der Waals surface area contributed by atoms with E-state index in [2.05, 4.69) is 10.4 Å². The van der Waals surface area contributed by atoms with Crippen LogP contribution < -0.4 is 16.6 Å². The van der Waals surface area contributed by atoms with E-state index in [4.69, 9.17) is 5.73 Å². The van der Waals surface area contributed by atoms with Crippen LogP contribution in [0.25, 0.3) is 0 Å². The molecule has 2 rings (SSSR count). The number of nitrogens with one attached hydrogen (secondary N) is 2. The third kappa shape index (κ3) is 2.53. The van der Waals surface area contributed by atoms with E-state index in [1.54, 1.807) is 0 Å². The third-order valence-electron chi connectivity index (χ3n) is 3.14. The number of nitrogens with two attached hydrogens (primary N) is 1. The summed E-state index contributed by atoms with van der Waals surface area (Å²) in [5, 5.41) is 7.98. The number of aromatic nitrogens is 2. The summed E-state index contributed by atoms with van der Waals surface area (Å²) in [4.78, 5) is 22.8. The Labute approximate surface area is 111 Å². The van der Waals surface area contributed by atoms with E-state index in [9.17, 15) is 22.8 Å². The van der Waals surface area contributed by atoms with Gasteiger partial charge in [-0.2, -0.15) is 18.3 Å². The van der Waals surface area contributed by atoms with Crippen molar-refractivity contribution in [1.29, 1.82) is 0 Å². The summed E-state index contributed by atoms with van der Waals surface area (Å²) in [7, 11) is 0. The number of alkyl halides is 3. The largest absolute Gasteiger partial charge is 0.422 e. The SMILES string of the molecule is C[C@@H](N)C(=O)NC1CCc2c1n[nH]c(=O)c2C(F)(F)F. The van der Waals surface area contributed by atoms with Gasteiger partial charge in [-0.15, -0.1) is 0 Å². The molecule has 1 aliphatic rings. The Bertz CT molecular complexity index is 594. The number of hydrogen-bond donors (Lipinski definition) is 3. The van der Waals surface area contributed by atoms with Crippen LogP contribution in [0.15, 0.2) is 4.79 Å². The van der Waals surface area contributed by atoms with Crippen LogP contribution in [0.1, 0.15) is 36.2 Å². The number of H-pyrrole nitrogens is 1. The Morgan fingerprint density at radius 1 is 1.55 bits per heavy atom. The first-order chi connectivity index (χ1) is 9.21. The standard InChI is InChI=1S/C11H13F3N4O2/c1-4(15)9(19)16-6-3-2-5-7(11(12,13)14)10(20)18-17-8(5)6/h4,6H,2-3,15H2,1H3,(H,16,19)(H,18,20)/t4-,6?/m1/s1. The first-order valence-electron chi connectivity index (χ1n) is 5.96. The van der Waals surface area contributed by atoms with Gasteiger partial charge in [0.25, 0.3) is 5.56 Å². The predicted molar refractivity (Wildman–Crippen MR) is 62.7 cm³/mol. The lowest BCUT2D eigenvalue weighted by Gasteiger charge is -2.15.